The fourth-order valence-electron chi connectivity index (χ4n) is 3.52. The number of carbonyl (C=O) groups excluding carboxylic acids is 1. The predicted octanol–water partition coefficient (Wildman–Crippen LogP) is 3.61. The van der Waals surface area contributed by atoms with E-state index in [4.69, 9.17) is 11.5 Å². The SMILES string of the molecule is CCn1ncc2cc(Nc3nc(NC(CC(C)C)C(C)N)c(F)cc3C(N)=O)ccc21. The molecule has 0 aliphatic heterocycles. The maximum Gasteiger partial charge on any atom is 0.252 e. The van der Waals surface area contributed by atoms with E-state index >= 15 is 0 Å². The summed E-state index contributed by atoms with van der Waals surface area (Å²) in [5, 5.41) is 11.5. The van der Waals surface area contributed by atoms with Crippen LogP contribution < -0.4 is 22.1 Å². The van der Waals surface area contributed by atoms with Crippen molar-refractivity contribution < 1.29 is 9.18 Å². The van der Waals surface area contributed by atoms with Crippen LogP contribution in [0.1, 0.15) is 44.5 Å². The van der Waals surface area contributed by atoms with Gasteiger partial charge in [0.05, 0.1) is 17.3 Å². The first-order valence-corrected chi connectivity index (χ1v) is 10.4. The van der Waals surface area contributed by atoms with Crippen LogP contribution in [0.4, 0.5) is 21.7 Å². The third-order valence-electron chi connectivity index (χ3n) is 5.13. The average molecular weight is 428 g/mol. The number of aryl methyl sites for hydroxylation is 1. The van der Waals surface area contributed by atoms with Crippen molar-refractivity contribution >= 4 is 34.1 Å². The van der Waals surface area contributed by atoms with Crippen LogP contribution in [0, 0.1) is 11.7 Å². The molecule has 0 saturated carbocycles. The Balaban J connectivity index is 1.96. The van der Waals surface area contributed by atoms with Crippen molar-refractivity contribution in [1.29, 1.82) is 0 Å². The number of anilines is 3. The molecule has 0 aliphatic rings. The van der Waals surface area contributed by atoms with Crippen molar-refractivity contribution in [3.05, 3.63) is 41.8 Å². The predicted molar refractivity (Wildman–Crippen MR) is 122 cm³/mol. The van der Waals surface area contributed by atoms with E-state index < -0.39 is 11.7 Å². The number of carbonyl (C=O) groups is 1. The van der Waals surface area contributed by atoms with E-state index in [1.54, 1.807) is 6.20 Å². The van der Waals surface area contributed by atoms with Crippen LogP contribution in [0.3, 0.4) is 0 Å². The van der Waals surface area contributed by atoms with E-state index in [1.165, 1.54) is 0 Å². The molecule has 8 nitrogen and oxygen atoms in total. The van der Waals surface area contributed by atoms with E-state index in [2.05, 4.69) is 34.6 Å². The molecule has 0 radical (unpaired) electrons. The number of fused-ring (bicyclic) bond motifs is 1. The van der Waals surface area contributed by atoms with Crippen LogP contribution in [0.15, 0.2) is 30.5 Å². The second-order valence-electron chi connectivity index (χ2n) is 8.18. The van der Waals surface area contributed by atoms with Gasteiger partial charge in [0.1, 0.15) is 5.82 Å². The Morgan fingerprint density at radius 3 is 2.58 bits per heavy atom. The summed E-state index contributed by atoms with van der Waals surface area (Å²) in [7, 11) is 0. The zero-order valence-electron chi connectivity index (χ0n) is 18.3. The monoisotopic (exact) mass is 427 g/mol. The first-order chi connectivity index (χ1) is 14.7. The number of nitrogens with two attached hydrogens (primary N) is 2. The molecule has 2 heterocycles. The van der Waals surface area contributed by atoms with Gasteiger partial charge < -0.3 is 22.1 Å². The summed E-state index contributed by atoms with van der Waals surface area (Å²) in [5.74, 6) is -0.869. The normalized spacial score (nSPS) is 13.4. The zero-order chi connectivity index (χ0) is 22.7. The van der Waals surface area contributed by atoms with Gasteiger partial charge in [-0.05, 0) is 50.5 Å². The summed E-state index contributed by atoms with van der Waals surface area (Å²) in [6.45, 7) is 8.78. The number of rotatable bonds is 9. The minimum Gasteiger partial charge on any atom is -0.365 e. The van der Waals surface area contributed by atoms with Gasteiger partial charge in [-0.2, -0.15) is 5.10 Å². The summed E-state index contributed by atoms with van der Waals surface area (Å²) in [4.78, 5) is 16.3. The molecule has 0 fully saturated rings. The highest BCUT2D eigenvalue weighted by molar-refractivity contribution is 5.99. The average Bonchev–Trinajstić information content (AvgIpc) is 3.11. The van der Waals surface area contributed by atoms with E-state index in [9.17, 15) is 9.18 Å². The minimum atomic E-state index is -0.772. The number of hydrogen-bond acceptors (Lipinski definition) is 6. The van der Waals surface area contributed by atoms with Crippen LogP contribution in [-0.2, 0) is 6.54 Å². The molecule has 0 bridgehead atoms. The molecule has 2 unspecified atom stereocenters. The molecule has 31 heavy (non-hydrogen) atoms. The lowest BCUT2D eigenvalue weighted by Crippen LogP contribution is -2.39. The first-order valence-electron chi connectivity index (χ1n) is 10.4. The lowest BCUT2D eigenvalue weighted by atomic mass is 9.99. The van der Waals surface area contributed by atoms with Gasteiger partial charge in [-0.3, -0.25) is 9.48 Å². The Hall–Kier alpha value is -3.20. The molecular formula is C22H30FN7O. The second kappa shape index (κ2) is 9.30. The highest BCUT2D eigenvalue weighted by atomic mass is 19.1. The van der Waals surface area contributed by atoms with Crippen LogP contribution in [0.5, 0.6) is 0 Å². The van der Waals surface area contributed by atoms with E-state index in [1.807, 2.05) is 36.7 Å². The molecule has 6 N–H and O–H groups in total. The molecule has 0 spiro atoms. The number of nitrogens with zero attached hydrogens (tertiary/aromatic N) is 3. The molecule has 1 aromatic carbocycles. The van der Waals surface area contributed by atoms with Gasteiger partial charge in [-0.1, -0.05) is 13.8 Å². The van der Waals surface area contributed by atoms with E-state index in [0.29, 0.717) is 11.6 Å². The molecule has 166 valence electrons. The highest BCUT2D eigenvalue weighted by Crippen LogP contribution is 2.27. The molecular weight excluding hydrogens is 397 g/mol. The third kappa shape index (κ3) is 5.11. The maximum absolute atomic E-state index is 14.7. The number of nitrogens with one attached hydrogen (secondary N) is 2. The highest BCUT2D eigenvalue weighted by Gasteiger charge is 2.21. The van der Waals surface area contributed by atoms with Crippen molar-refractivity contribution in [3.63, 3.8) is 0 Å². The Morgan fingerprint density at radius 1 is 1.23 bits per heavy atom. The number of hydrogen-bond donors (Lipinski definition) is 4. The lowest BCUT2D eigenvalue weighted by molar-refractivity contribution is 0.100. The van der Waals surface area contributed by atoms with Crippen LogP contribution in [-0.4, -0.2) is 32.8 Å². The lowest BCUT2D eigenvalue weighted by Gasteiger charge is -2.25. The number of primary amides is 1. The molecule has 1 amide bonds. The van der Waals surface area contributed by atoms with Crippen LogP contribution in [0.25, 0.3) is 10.9 Å². The Bertz CT molecular complexity index is 1080. The molecule has 3 aromatic rings. The summed E-state index contributed by atoms with van der Waals surface area (Å²) < 4.78 is 16.6. The Labute approximate surface area is 181 Å². The number of halogens is 1. The molecule has 2 atom stereocenters. The van der Waals surface area contributed by atoms with Gasteiger partial charge >= 0.3 is 0 Å². The van der Waals surface area contributed by atoms with E-state index in [-0.39, 0.29) is 29.3 Å². The Kier molecular flexibility index (Phi) is 6.74. The van der Waals surface area contributed by atoms with Crippen LogP contribution >= 0.6 is 0 Å². The molecule has 0 saturated heterocycles. The topological polar surface area (TPSA) is 124 Å². The van der Waals surface area contributed by atoms with Gasteiger partial charge in [0, 0.05) is 29.7 Å². The summed E-state index contributed by atoms with van der Waals surface area (Å²) >= 11 is 0. The van der Waals surface area contributed by atoms with Gasteiger partial charge in [0.15, 0.2) is 11.6 Å². The fraction of sp³-hybridized carbons (Fsp3) is 0.409. The largest absolute Gasteiger partial charge is 0.365 e. The van der Waals surface area contributed by atoms with Crippen molar-refractivity contribution in [3.8, 4) is 0 Å². The first kappa shape index (κ1) is 22.5. The fourth-order valence-corrected chi connectivity index (χ4v) is 3.52. The zero-order valence-corrected chi connectivity index (χ0v) is 18.3. The summed E-state index contributed by atoms with van der Waals surface area (Å²) in [6, 6.07) is 6.37. The van der Waals surface area contributed by atoms with Crippen molar-refractivity contribution in [2.24, 2.45) is 17.4 Å². The van der Waals surface area contributed by atoms with Gasteiger partial charge in [-0.25, -0.2) is 9.37 Å². The summed E-state index contributed by atoms with van der Waals surface area (Å²) in [5.41, 5.74) is 13.2. The van der Waals surface area contributed by atoms with Crippen LogP contribution in [0.2, 0.25) is 0 Å². The van der Waals surface area contributed by atoms with Crippen molar-refractivity contribution in [1.82, 2.24) is 14.8 Å². The number of aromatic nitrogens is 3. The maximum atomic E-state index is 14.7. The molecule has 3 rings (SSSR count). The van der Waals surface area contributed by atoms with Gasteiger partial charge in [0.2, 0.25) is 0 Å². The number of benzene rings is 1. The third-order valence-corrected chi connectivity index (χ3v) is 5.13. The van der Waals surface area contributed by atoms with Gasteiger partial charge in [0.25, 0.3) is 5.91 Å². The smallest absolute Gasteiger partial charge is 0.252 e. The van der Waals surface area contributed by atoms with Crippen molar-refractivity contribution in [2.45, 2.75) is 52.7 Å². The van der Waals surface area contributed by atoms with Crippen molar-refractivity contribution in [2.75, 3.05) is 10.6 Å². The number of amides is 1. The second-order valence-corrected chi connectivity index (χ2v) is 8.18. The summed E-state index contributed by atoms with van der Waals surface area (Å²) in [6.07, 6.45) is 2.51. The quantitative estimate of drug-likeness (QED) is 0.414. The minimum absolute atomic E-state index is 0.0235. The standard InChI is InChI=1S/C22H30FN7O/c1-5-30-19-7-6-15(9-14(19)11-26-30)27-21-16(20(25)31)10-17(23)22(29-21)28-18(13(4)24)8-12(2)3/h6-7,9-13,18H,5,8,24H2,1-4H3,(H2,25,31)(H2,27,28,29). The molecule has 9 heteroatoms. The molecule has 0 aliphatic carbocycles. The number of pyridine rings is 1. The Morgan fingerprint density at radius 2 is 1.97 bits per heavy atom. The van der Waals surface area contributed by atoms with Gasteiger partial charge in [-0.15, -0.1) is 0 Å². The molecule has 2 aromatic heterocycles. The van der Waals surface area contributed by atoms with E-state index in [0.717, 1.165) is 29.9 Å².